The van der Waals surface area contributed by atoms with Gasteiger partial charge in [0, 0.05) is 18.4 Å². The molecular weight excluding hydrogens is 252 g/mol. The van der Waals surface area contributed by atoms with Crippen LogP contribution in [0.1, 0.15) is 21.5 Å². The number of nitrogens with one attached hydrogen (secondary N) is 1. The van der Waals surface area contributed by atoms with E-state index in [-0.39, 0.29) is 5.91 Å². The van der Waals surface area contributed by atoms with Crippen molar-refractivity contribution >= 4 is 11.6 Å². The van der Waals surface area contributed by atoms with Crippen molar-refractivity contribution in [3.8, 4) is 6.07 Å². The molecule has 0 spiro atoms. The molecule has 0 aromatic heterocycles. The van der Waals surface area contributed by atoms with E-state index in [1.165, 1.54) is 0 Å². The first kappa shape index (κ1) is 13.8. The molecule has 2 rings (SSSR count). The first-order valence-corrected chi connectivity index (χ1v) is 6.12. The quantitative estimate of drug-likeness (QED) is 0.925. The summed E-state index contributed by atoms with van der Waals surface area (Å²) in [5, 5.41) is 11.6. The number of ether oxygens (including phenoxy) is 1. The van der Waals surface area contributed by atoms with Crippen molar-refractivity contribution in [2.24, 2.45) is 0 Å². The minimum absolute atomic E-state index is 0.210. The Morgan fingerprint density at radius 1 is 1.25 bits per heavy atom. The van der Waals surface area contributed by atoms with E-state index in [1.807, 2.05) is 18.2 Å². The number of carbonyl (C=O) groups is 1. The molecule has 0 bridgehead atoms. The van der Waals surface area contributed by atoms with Gasteiger partial charge in [0.15, 0.2) is 0 Å². The molecular formula is C16H14N2O2. The molecule has 0 saturated carbocycles. The molecule has 100 valence electrons. The Kier molecular flexibility index (Phi) is 4.48. The van der Waals surface area contributed by atoms with E-state index in [0.29, 0.717) is 23.4 Å². The van der Waals surface area contributed by atoms with Crippen LogP contribution in [-0.2, 0) is 11.3 Å². The van der Waals surface area contributed by atoms with Gasteiger partial charge in [-0.25, -0.2) is 0 Å². The largest absolute Gasteiger partial charge is 0.380 e. The SMILES string of the molecule is COCc1cccc(C(=O)Nc2cccc(C#N)c2)c1. The average Bonchev–Trinajstić information content (AvgIpc) is 2.48. The number of benzene rings is 2. The highest BCUT2D eigenvalue weighted by atomic mass is 16.5. The zero-order chi connectivity index (χ0) is 14.4. The predicted molar refractivity (Wildman–Crippen MR) is 76.3 cm³/mol. The maximum absolute atomic E-state index is 12.1. The Bertz CT molecular complexity index is 660. The fraction of sp³-hybridized carbons (Fsp3) is 0.125. The van der Waals surface area contributed by atoms with Crippen LogP contribution in [0.5, 0.6) is 0 Å². The monoisotopic (exact) mass is 266 g/mol. The molecule has 0 aliphatic heterocycles. The molecule has 4 nitrogen and oxygen atoms in total. The summed E-state index contributed by atoms with van der Waals surface area (Å²) in [6.07, 6.45) is 0. The second-order valence-electron chi connectivity index (χ2n) is 4.28. The zero-order valence-electron chi connectivity index (χ0n) is 11.1. The molecule has 0 aliphatic carbocycles. The molecule has 20 heavy (non-hydrogen) atoms. The van der Waals surface area contributed by atoms with E-state index in [0.717, 1.165) is 5.56 Å². The third-order valence-electron chi connectivity index (χ3n) is 2.75. The van der Waals surface area contributed by atoms with Gasteiger partial charge in [0.05, 0.1) is 18.2 Å². The third kappa shape index (κ3) is 3.44. The number of nitrogens with zero attached hydrogens (tertiary/aromatic N) is 1. The van der Waals surface area contributed by atoms with Gasteiger partial charge in [-0.2, -0.15) is 5.26 Å². The van der Waals surface area contributed by atoms with Crippen molar-refractivity contribution in [2.45, 2.75) is 6.61 Å². The molecule has 0 fully saturated rings. The lowest BCUT2D eigenvalue weighted by molar-refractivity contribution is 0.102. The van der Waals surface area contributed by atoms with Crippen LogP contribution in [0, 0.1) is 11.3 Å². The van der Waals surface area contributed by atoms with Crippen molar-refractivity contribution in [1.82, 2.24) is 0 Å². The summed E-state index contributed by atoms with van der Waals surface area (Å²) in [5.41, 5.74) is 2.61. The predicted octanol–water partition coefficient (Wildman–Crippen LogP) is 2.96. The maximum atomic E-state index is 12.1. The molecule has 0 saturated heterocycles. The van der Waals surface area contributed by atoms with Gasteiger partial charge in [-0.05, 0) is 35.9 Å². The van der Waals surface area contributed by atoms with Crippen molar-refractivity contribution in [1.29, 1.82) is 5.26 Å². The van der Waals surface area contributed by atoms with Gasteiger partial charge in [-0.3, -0.25) is 4.79 Å². The number of anilines is 1. The van der Waals surface area contributed by atoms with E-state index in [1.54, 1.807) is 43.5 Å². The minimum Gasteiger partial charge on any atom is -0.380 e. The highest BCUT2D eigenvalue weighted by Crippen LogP contribution is 2.13. The standard InChI is InChI=1S/C16H14N2O2/c1-20-11-13-5-2-6-14(8-13)16(19)18-15-7-3-4-12(9-15)10-17/h2-9H,11H2,1H3,(H,18,19). The molecule has 0 aliphatic rings. The Balaban J connectivity index is 2.15. The number of amides is 1. The number of methoxy groups -OCH3 is 1. The van der Waals surface area contributed by atoms with Crippen LogP contribution in [0.4, 0.5) is 5.69 Å². The molecule has 4 heteroatoms. The summed E-state index contributed by atoms with van der Waals surface area (Å²) in [5.74, 6) is -0.210. The lowest BCUT2D eigenvalue weighted by Crippen LogP contribution is -2.12. The summed E-state index contributed by atoms with van der Waals surface area (Å²) < 4.78 is 5.04. The van der Waals surface area contributed by atoms with Gasteiger partial charge < -0.3 is 10.1 Å². The van der Waals surface area contributed by atoms with Crippen molar-refractivity contribution in [3.05, 3.63) is 65.2 Å². The normalized spacial score (nSPS) is 9.80. The highest BCUT2D eigenvalue weighted by molar-refractivity contribution is 6.04. The van der Waals surface area contributed by atoms with E-state index in [4.69, 9.17) is 10.00 Å². The van der Waals surface area contributed by atoms with Crippen LogP contribution in [-0.4, -0.2) is 13.0 Å². The van der Waals surface area contributed by atoms with Gasteiger partial charge in [0.2, 0.25) is 0 Å². The molecule has 1 N–H and O–H groups in total. The number of hydrogen-bond donors (Lipinski definition) is 1. The summed E-state index contributed by atoms with van der Waals surface area (Å²) in [6.45, 7) is 0.463. The Hall–Kier alpha value is -2.64. The lowest BCUT2D eigenvalue weighted by atomic mass is 10.1. The van der Waals surface area contributed by atoms with Crippen molar-refractivity contribution < 1.29 is 9.53 Å². The fourth-order valence-corrected chi connectivity index (χ4v) is 1.84. The van der Waals surface area contributed by atoms with E-state index in [2.05, 4.69) is 5.32 Å². The number of nitriles is 1. The number of carbonyl (C=O) groups excluding carboxylic acids is 1. The fourth-order valence-electron chi connectivity index (χ4n) is 1.84. The van der Waals surface area contributed by atoms with Gasteiger partial charge >= 0.3 is 0 Å². The molecule has 1 amide bonds. The lowest BCUT2D eigenvalue weighted by Gasteiger charge is -2.07. The van der Waals surface area contributed by atoms with Crippen LogP contribution in [0.25, 0.3) is 0 Å². The topological polar surface area (TPSA) is 62.1 Å². The van der Waals surface area contributed by atoms with Crippen LogP contribution in [0.2, 0.25) is 0 Å². The zero-order valence-corrected chi connectivity index (χ0v) is 11.1. The molecule has 0 radical (unpaired) electrons. The smallest absolute Gasteiger partial charge is 0.255 e. The first-order chi connectivity index (χ1) is 9.72. The van der Waals surface area contributed by atoms with Gasteiger partial charge in [-0.1, -0.05) is 18.2 Å². The third-order valence-corrected chi connectivity index (χ3v) is 2.75. The van der Waals surface area contributed by atoms with Crippen LogP contribution < -0.4 is 5.32 Å². The first-order valence-electron chi connectivity index (χ1n) is 6.12. The number of rotatable bonds is 4. The summed E-state index contributed by atoms with van der Waals surface area (Å²) in [4.78, 5) is 12.1. The average molecular weight is 266 g/mol. The minimum atomic E-state index is -0.210. The molecule has 0 heterocycles. The summed E-state index contributed by atoms with van der Waals surface area (Å²) in [6, 6.07) is 16.1. The van der Waals surface area contributed by atoms with E-state index in [9.17, 15) is 4.79 Å². The van der Waals surface area contributed by atoms with Crippen LogP contribution in [0.3, 0.4) is 0 Å². The molecule has 0 atom stereocenters. The van der Waals surface area contributed by atoms with Crippen LogP contribution in [0.15, 0.2) is 48.5 Å². The Morgan fingerprint density at radius 2 is 2.05 bits per heavy atom. The Labute approximate surface area is 117 Å². The molecule has 0 unspecified atom stereocenters. The molecule has 2 aromatic carbocycles. The van der Waals surface area contributed by atoms with E-state index < -0.39 is 0 Å². The van der Waals surface area contributed by atoms with Crippen LogP contribution >= 0.6 is 0 Å². The molecule has 2 aromatic rings. The van der Waals surface area contributed by atoms with Crippen molar-refractivity contribution in [3.63, 3.8) is 0 Å². The highest BCUT2D eigenvalue weighted by Gasteiger charge is 2.07. The van der Waals surface area contributed by atoms with E-state index >= 15 is 0 Å². The van der Waals surface area contributed by atoms with Gasteiger partial charge in [0.1, 0.15) is 0 Å². The second-order valence-corrected chi connectivity index (χ2v) is 4.28. The van der Waals surface area contributed by atoms with Crippen molar-refractivity contribution in [2.75, 3.05) is 12.4 Å². The van der Waals surface area contributed by atoms with Gasteiger partial charge in [0.25, 0.3) is 5.91 Å². The number of hydrogen-bond acceptors (Lipinski definition) is 3. The Morgan fingerprint density at radius 3 is 2.80 bits per heavy atom. The maximum Gasteiger partial charge on any atom is 0.255 e. The van der Waals surface area contributed by atoms with Gasteiger partial charge in [-0.15, -0.1) is 0 Å². The summed E-state index contributed by atoms with van der Waals surface area (Å²) >= 11 is 0. The second kappa shape index (κ2) is 6.50. The summed E-state index contributed by atoms with van der Waals surface area (Å²) in [7, 11) is 1.61.